The van der Waals surface area contributed by atoms with Crippen LogP contribution in [0.5, 0.6) is 0 Å². The molecule has 1 aromatic heterocycles. The highest BCUT2D eigenvalue weighted by Gasteiger charge is 2.50. The van der Waals surface area contributed by atoms with E-state index in [1.54, 1.807) is 17.3 Å². The molecular formula is C24H32N6O3S. The summed E-state index contributed by atoms with van der Waals surface area (Å²) in [5.74, 6) is 0.739. The minimum Gasteiger partial charge on any atom is -0.339 e. The van der Waals surface area contributed by atoms with Crippen LogP contribution in [-0.2, 0) is 15.4 Å². The predicted octanol–water partition coefficient (Wildman–Crippen LogP) is 2.01. The molecule has 34 heavy (non-hydrogen) atoms. The fourth-order valence-electron chi connectivity index (χ4n) is 5.61. The average Bonchev–Trinajstić information content (AvgIpc) is 3.16. The molecule has 0 radical (unpaired) electrons. The van der Waals surface area contributed by atoms with E-state index in [1.165, 1.54) is 5.56 Å². The maximum Gasteiger partial charge on any atom is 0.322 e. The number of benzene rings is 1. The summed E-state index contributed by atoms with van der Waals surface area (Å²) >= 11 is 0. The first-order valence-corrected chi connectivity index (χ1v) is 13.6. The number of hydrogen-bond donors (Lipinski definition) is 1. The normalized spacial score (nSPS) is 29.0. The van der Waals surface area contributed by atoms with Crippen LogP contribution in [0.3, 0.4) is 0 Å². The van der Waals surface area contributed by atoms with Gasteiger partial charge in [-0.05, 0) is 45.3 Å². The van der Waals surface area contributed by atoms with E-state index < -0.39 is 9.84 Å². The SMILES string of the molecule is CN(C)C1(c2ccccc2)CCC2(CC1)CN(c1cnc(N3CCS(=O)(=O)CC3)nc1)C(=O)N2. The lowest BCUT2D eigenvalue weighted by atomic mass is 9.69. The maximum atomic E-state index is 12.9. The van der Waals surface area contributed by atoms with Crippen LogP contribution in [0.15, 0.2) is 42.7 Å². The van der Waals surface area contributed by atoms with E-state index in [0.29, 0.717) is 31.3 Å². The lowest BCUT2D eigenvalue weighted by Gasteiger charge is -2.48. The van der Waals surface area contributed by atoms with E-state index in [9.17, 15) is 13.2 Å². The zero-order chi connectivity index (χ0) is 24.0. The number of hydrogen-bond acceptors (Lipinski definition) is 7. The zero-order valence-corrected chi connectivity index (χ0v) is 20.6. The molecule has 9 nitrogen and oxygen atoms in total. The van der Waals surface area contributed by atoms with Gasteiger partial charge in [-0.1, -0.05) is 30.3 Å². The van der Waals surface area contributed by atoms with E-state index in [2.05, 4.69) is 58.5 Å². The van der Waals surface area contributed by atoms with Gasteiger partial charge in [-0.3, -0.25) is 9.80 Å². The minimum absolute atomic E-state index is 0.0304. The summed E-state index contributed by atoms with van der Waals surface area (Å²) in [6.45, 7) is 1.38. The number of carbonyl (C=O) groups excluding carboxylic acids is 1. The Bertz CT molecular complexity index is 1130. The number of amides is 2. The van der Waals surface area contributed by atoms with Crippen LogP contribution in [0.4, 0.5) is 16.4 Å². The van der Waals surface area contributed by atoms with E-state index in [-0.39, 0.29) is 28.6 Å². The van der Waals surface area contributed by atoms with Crippen molar-refractivity contribution in [1.82, 2.24) is 20.2 Å². The molecule has 2 aliphatic heterocycles. The monoisotopic (exact) mass is 484 g/mol. The van der Waals surface area contributed by atoms with Crippen LogP contribution >= 0.6 is 0 Å². The van der Waals surface area contributed by atoms with Crippen LogP contribution in [0.25, 0.3) is 0 Å². The Morgan fingerprint density at radius 1 is 0.971 bits per heavy atom. The molecule has 3 aliphatic rings. The van der Waals surface area contributed by atoms with Crippen molar-refractivity contribution in [1.29, 1.82) is 0 Å². The summed E-state index contributed by atoms with van der Waals surface area (Å²) in [4.78, 5) is 27.8. The summed E-state index contributed by atoms with van der Waals surface area (Å²) < 4.78 is 23.4. The quantitative estimate of drug-likeness (QED) is 0.709. The molecule has 1 aromatic carbocycles. The van der Waals surface area contributed by atoms with Crippen molar-refractivity contribution in [2.75, 3.05) is 55.0 Å². The standard InChI is InChI=1S/C24H32N6O3S/c1-28(2)24(19-6-4-3-5-7-19)10-8-23(9-11-24)18-30(22(31)27-23)20-16-25-21(26-17-20)29-12-14-34(32,33)15-13-29/h3-7,16-17H,8-15,18H2,1-2H3,(H,27,31). The Morgan fingerprint density at radius 3 is 2.18 bits per heavy atom. The highest BCUT2D eigenvalue weighted by atomic mass is 32.2. The van der Waals surface area contributed by atoms with Crippen LogP contribution < -0.4 is 15.1 Å². The first-order chi connectivity index (χ1) is 16.2. The maximum absolute atomic E-state index is 12.9. The number of urea groups is 1. The highest BCUT2D eigenvalue weighted by Crippen LogP contribution is 2.46. The lowest BCUT2D eigenvalue weighted by Crippen LogP contribution is -2.54. The van der Waals surface area contributed by atoms with Gasteiger partial charge in [-0.15, -0.1) is 0 Å². The average molecular weight is 485 g/mol. The molecule has 1 spiro atoms. The molecule has 0 unspecified atom stereocenters. The van der Waals surface area contributed by atoms with Crippen molar-refractivity contribution in [3.05, 3.63) is 48.3 Å². The highest BCUT2D eigenvalue weighted by molar-refractivity contribution is 7.91. The summed E-state index contributed by atoms with van der Waals surface area (Å²) in [6, 6.07) is 10.5. The van der Waals surface area contributed by atoms with Gasteiger partial charge in [0.05, 0.1) is 41.7 Å². The van der Waals surface area contributed by atoms with Gasteiger partial charge in [0, 0.05) is 18.6 Å². The molecule has 0 atom stereocenters. The first kappa shape index (κ1) is 23.0. The van der Waals surface area contributed by atoms with Crippen molar-refractivity contribution >= 4 is 27.5 Å². The second kappa shape index (κ2) is 8.49. The molecule has 5 rings (SSSR count). The molecule has 1 N–H and O–H groups in total. The molecule has 2 saturated heterocycles. The third-order valence-corrected chi connectivity index (χ3v) is 9.45. The Balaban J connectivity index is 1.28. The van der Waals surface area contributed by atoms with Gasteiger partial charge in [0.1, 0.15) is 0 Å². The molecule has 182 valence electrons. The third kappa shape index (κ3) is 4.13. The minimum atomic E-state index is -2.96. The Hall–Kier alpha value is -2.72. The largest absolute Gasteiger partial charge is 0.339 e. The molecule has 2 aromatic rings. The van der Waals surface area contributed by atoms with Crippen molar-refractivity contribution in [2.45, 2.75) is 36.8 Å². The fourth-order valence-corrected chi connectivity index (χ4v) is 6.82. The molecule has 10 heteroatoms. The van der Waals surface area contributed by atoms with Crippen LogP contribution in [0.1, 0.15) is 31.2 Å². The summed E-state index contributed by atoms with van der Waals surface area (Å²) in [6.07, 6.45) is 7.05. The second-order valence-corrected chi connectivity index (χ2v) is 12.3. The number of sulfone groups is 1. The Labute approximate surface area is 201 Å². The summed E-state index contributed by atoms with van der Waals surface area (Å²) in [5.41, 5.74) is 1.70. The topological polar surface area (TPSA) is 98.7 Å². The third-order valence-electron chi connectivity index (χ3n) is 7.84. The lowest BCUT2D eigenvalue weighted by molar-refractivity contribution is 0.0658. The van der Waals surface area contributed by atoms with Crippen LogP contribution in [0.2, 0.25) is 0 Å². The van der Waals surface area contributed by atoms with Gasteiger partial charge < -0.3 is 10.2 Å². The molecule has 1 saturated carbocycles. The smallest absolute Gasteiger partial charge is 0.322 e. The van der Waals surface area contributed by atoms with Crippen LogP contribution in [-0.4, -0.2) is 80.1 Å². The fraction of sp³-hybridized carbons (Fsp3) is 0.542. The van der Waals surface area contributed by atoms with Gasteiger partial charge in [-0.2, -0.15) is 0 Å². The number of nitrogens with zero attached hydrogens (tertiary/aromatic N) is 5. The van der Waals surface area contributed by atoms with E-state index >= 15 is 0 Å². The van der Waals surface area contributed by atoms with Gasteiger partial charge in [-0.25, -0.2) is 23.2 Å². The van der Waals surface area contributed by atoms with Crippen LogP contribution in [0, 0.1) is 0 Å². The summed E-state index contributed by atoms with van der Waals surface area (Å²) in [5, 5.41) is 3.27. The van der Waals surface area contributed by atoms with Gasteiger partial charge in [0.25, 0.3) is 0 Å². The molecule has 2 amide bonds. The predicted molar refractivity (Wildman–Crippen MR) is 132 cm³/mol. The number of rotatable bonds is 4. The number of aromatic nitrogens is 2. The molecule has 3 fully saturated rings. The van der Waals surface area contributed by atoms with Gasteiger partial charge in [0.15, 0.2) is 9.84 Å². The van der Waals surface area contributed by atoms with E-state index in [1.807, 2.05) is 11.0 Å². The zero-order valence-electron chi connectivity index (χ0n) is 19.8. The number of carbonyl (C=O) groups is 1. The van der Waals surface area contributed by atoms with Crippen molar-refractivity contribution in [3.8, 4) is 0 Å². The van der Waals surface area contributed by atoms with Crippen molar-refractivity contribution in [2.24, 2.45) is 0 Å². The summed E-state index contributed by atoms with van der Waals surface area (Å²) in [7, 11) is 1.32. The number of nitrogens with one attached hydrogen (secondary N) is 1. The molecule has 3 heterocycles. The molecular weight excluding hydrogens is 452 g/mol. The second-order valence-electron chi connectivity index (χ2n) is 9.97. The first-order valence-electron chi connectivity index (χ1n) is 11.8. The van der Waals surface area contributed by atoms with Gasteiger partial charge in [0.2, 0.25) is 5.95 Å². The molecule has 1 aliphatic carbocycles. The Kier molecular flexibility index (Phi) is 5.76. The number of anilines is 2. The van der Waals surface area contributed by atoms with Gasteiger partial charge >= 0.3 is 6.03 Å². The van der Waals surface area contributed by atoms with E-state index in [4.69, 9.17) is 0 Å². The molecule has 0 bridgehead atoms. The van der Waals surface area contributed by atoms with Crippen molar-refractivity contribution < 1.29 is 13.2 Å². The van der Waals surface area contributed by atoms with E-state index in [0.717, 1.165) is 25.7 Å². The van der Waals surface area contributed by atoms with Crippen molar-refractivity contribution in [3.63, 3.8) is 0 Å². The Morgan fingerprint density at radius 2 is 1.59 bits per heavy atom.